The highest BCUT2D eigenvalue weighted by atomic mass is 32.2. The van der Waals surface area contributed by atoms with Crippen LogP contribution >= 0.6 is 11.8 Å². The molecule has 24 heavy (non-hydrogen) atoms. The number of carbonyl (C=O) groups is 2. The van der Waals surface area contributed by atoms with Gasteiger partial charge in [-0.3, -0.25) is 9.59 Å². The molecular weight excluding hydrogens is 320 g/mol. The van der Waals surface area contributed by atoms with E-state index < -0.39 is 0 Å². The lowest BCUT2D eigenvalue weighted by molar-refractivity contribution is -0.134. The average molecular weight is 349 g/mol. The van der Waals surface area contributed by atoms with Crippen molar-refractivity contribution in [1.82, 2.24) is 9.80 Å². The van der Waals surface area contributed by atoms with Gasteiger partial charge in [-0.1, -0.05) is 27.7 Å². The highest BCUT2D eigenvalue weighted by molar-refractivity contribution is 7.99. The molecule has 1 heterocycles. The summed E-state index contributed by atoms with van der Waals surface area (Å²) in [6.07, 6.45) is 0.839. The molecule has 1 fully saturated rings. The first-order valence-corrected chi connectivity index (χ1v) is 9.61. The number of nitrogens with zero attached hydrogens (tertiary/aromatic N) is 2. The van der Waals surface area contributed by atoms with Gasteiger partial charge in [-0.05, 0) is 30.7 Å². The summed E-state index contributed by atoms with van der Waals surface area (Å²) in [6, 6.07) is 7.86. The molecule has 1 aliphatic rings. The molecular formula is C19H28N2O2S. The SMILES string of the molecule is CC(C)Sc1ccc(C(=O)N2CCCN(C(=O)C(C)C)CC2)cc1. The summed E-state index contributed by atoms with van der Waals surface area (Å²) < 4.78 is 0. The van der Waals surface area contributed by atoms with Gasteiger partial charge in [0.2, 0.25) is 5.91 Å². The zero-order chi connectivity index (χ0) is 17.7. The minimum absolute atomic E-state index is 0.0123. The molecule has 0 N–H and O–H groups in total. The molecule has 132 valence electrons. The molecule has 0 unspecified atom stereocenters. The molecule has 1 saturated heterocycles. The lowest BCUT2D eigenvalue weighted by Gasteiger charge is -2.23. The van der Waals surface area contributed by atoms with E-state index >= 15 is 0 Å². The Kier molecular flexibility index (Phi) is 6.72. The normalized spacial score (nSPS) is 15.8. The third-order valence-electron chi connectivity index (χ3n) is 4.06. The fourth-order valence-corrected chi connectivity index (χ4v) is 3.67. The van der Waals surface area contributed by atoms with Crippen molar-refractivity contribution in [2.75, 3.05) is 26.2 Å². The van der Waals surface area contributed by atoms with E-state index in [-0.39, 0.29) is 17.7 Å². The van der Waals surface area contributed by atoms with Crippen molar-refractivity contribution in [3.05, 3.63) is 29.8 Å². The smallest absolute Gasteiger partial charge is 0.253 e. The Balaban J connectivity index is 1.98. The van der Waals surface area contributed by atoms with Crippen LogP contribution in [0.1, 0.15) is 44.5 Å². The zero-order valence-corrected chi connectivity index (χ0v) is 15.9. The zero-order valence-electron chi connectivity index (χ0n) is 15.1. The summed E-state index contributed by atoms with van der Waals surface area (Å²) in [7, 11) is 0. The topological polar surface area (TPSA) is 40.6 Å². The molecule has 0 aromatic heterocycles. The number of amides is 2. The largest absolute Gasteiger partial charge is 0.341 e. The van der Waals surface area contributed by atoms with E-state index in [1.54, 1.807) is 11.8 Å². The van der Waals surface area contributed by atoms with Crippen molar-refractivity contribution in [2.24, 2.45) is 5.92 Å². The Morgan fingerprint density at radius 3 is 2.08 bits per heavy atom. The number of hydrogen-bond acceptors (Lipinski definition) is 3. The Labute approximate surface area is 149 Å². The molecule has 0 atom stereocenters. The van der Waals surface area contributed by atoms with Crippen molar-refractivity contribution in [3.63, 3.8) is 0 Å². The van der Waals surface area contributed by atoms with E-state index in [0.717, 1.165) is 18.5 Å². The van der Waals surface area contributed by atoms with Crippen molar-refractivity contribution in [2.45, 2.75) is 44.3 Å². The van der Waals surface area contributed by atoms with Gasteiger partial charge in [0, 0.05) is 47.8 Å². The quantitative estimate of drug-likeness (QED) is 0.782. The van der Waals surface area contributed by atoms with Crippen LogP contribution in [0.5, 0.6) is 0 Å². The van der Waals surface area contributed by atoms with Crippen LogP contribution in [0.2, 0.25) is 0 Å². The van der Waals surface area contributed by atoms with Crippen LogP contribution in [0.15, 0.2) is 29.2 Å². The van der Waals surface area contributed by atoms with Crippen LogP contribution < -0.4 is 0 Å². The van der Waals surface area contributed by atoms with Crippen molar-refractivity contribution < 1.29 is 9.59 Å². The summed E-state index contributed by atoms with van der Waals surface area (Å²) in [4.78, 5) is 29.8. The van der Waals surface area contributed by atoms with Gasteiger partial charge < -0.3 is 9.80 Å². The molecule has 4 nitrogen and oxygen atoms in total. The fraction of sp³-hybridized carbons (Fsp3) is 0.579. The van der Waals surface area contributed by atoms with E-state index in [4.69, 9.17) is 0 Å². The van der Waals surface area contributed by atoms with E-state index in [9.17, 15) is 9.59 Å². The first kappa shape index (κ1) is 18.8. The van der Waals surface area contributed by atoms with Gasteiger partial charge in [-0.2, -0.15) is 0 Å². The third kappa shape index (κ3) is 5.00. The van der Waals surface area contributed by atoms with Crippen LogP contribution in [0.4, 0.5) is 0 Å². The summed E-state index contributed by atoms with van der Waals surface area (Å²) in [5, 5.41) is 0.529. The van der Waals surface area contributed by atoms with E-state index in [0.29, 0.717) is 24.9 Å². The molecule has 0 aliphatic carbocycles. The highest BCUT2D eigenvalue weighted by Crippen LogP contribution is 2.23. The molecule has 2 amide bonds. The molecule has 2 rings (SSSR count). The van der Waals surface area contributed by atoms with Crippen molar-refractivity contribution in [1.29, 1.82) is 0 Å². The van der Waals surface area contributed by atoms with Crippen LogP contribution in [0, 0.1) is 5.92 Å². The number of thioether (sulfide) groups is 1. The number of benzene rings is 1. The van der Waals surface area contributed by atoms with Crippen LogP contribution in [0.3, 0.4) is 0 Å². The van der Waals surface area contributed by atoms with Gasteiger partial charge in [0.25, 0.3) is 5.91 Å². The Hall–Kier alpha value is -1.49. The molecule has 1 aromatic carbocycles. The summed E-state index contributed by atoms with van der Waals surface area (Å²) in [6.45, 7) is 10.9. The van der Waals surface area contributed by atoms with Crippen LogP contribution in [0.25, 0.3) is 0 Å². The van der Waals surface area contributed by atoms with Gasteiger partial charge >= 0.3 is 0 Å². The second-order valence-corrected chi connectivity index (χ2v) is 8.47. The summed E-state index contributed by atoms with van der Waals surface area (Å²) in [5.41, 5.74) is 0.728. The van der Waals surface area contributed by atoms with E-state index in [1.165, 1.54) is 4.90 Å². The Morgan fingerprint density at radius 2 is 1.50 bits per heavy atom. The standard InChI is InChI=1S/C19H28N2O2S/c1-14(2)18(22)20-10-5-11-21(13-12-20)19(23)16-6-8-17(9-7-16)24-15(3)4/h6-9,14-15H,5,10-13H2,1-4H3. The minimum Gasteiger partial charge on any atom is -0.341 e. The maximum absolute atomic E-state index is 12.7. The Morgan fingerprint density at radius 1 is 0.917 bits per heavy atom. The fourth-order valence-electron chi connectivity index (χ4n) is 2.84. The van der Waals surface area contributed by atoms with E-state index in [1.807, 2.05) is 47.9 Å². The van der Waals surface area contributed by atoms with Gasteiger partial charge in [0.1, 0.15) is 0 Å². The molecule has 0 radical (unpaired) electrons. The monoisotopic (exact) mass is 348 g/mol. The molecule has 0 spiro atoms. The minimum atomic E-state index is 0.0123. The number of hydrogen-bond donors (Lipinski definition) is 0. The third-order valence-corrected chi connectivity index (χ3v) is 5.08. The van der Waals surface area contributed by atoms with Gasteiger partial charge in [-0.25, -0.2) is 0 Å². The first-order chi connectivity index (χ1) is 11.4. The second kappa shape index (κ2) is 8.56. The van der Waals surface area contributed by atoms with Gasteiger partial charge in [0.05, 0.1) is 0 Å². The highest BCUT2D eigenvalue weighted by Gasteiger charge is 2.23. The number of carbonyl (C=O) groups excluding carboxylic acids is 2. The van der Waals surface area contributed by atoms with Crippen LogP contribution in [-0.2, 0) is 4.79 Å². The van der Waals surface area contributed by atoms with Gasteiger partial charge in [-0.15, -0.1) is 11.8 Å². The van der Waals surface area contributed by atoms with Gasteiger partial charge in [0.15, 0.2) is 0 Å². The summed E-state index contributed by atoms with van der Waals surface area (Å²) in [5.74, 6) is 0.257. The number of rotatable bonds is 4. The first-order valence-electron chi connectivity index (χ1n) is 8.73. The maximum atomic E-state index is 12.7. The second-order valence-electron chi connectivity index (χ2n) is 6.82. The lowest BCUT2D eigenvalue weighted by atomic mass is 10.2. The van der Waals surface area contributed by atoms with E-state index in [2.05, 4.69) is 13.8 Å². The van der Waals surface area contributed by atoms with Crippen molar-refractivity contribution >= 4 is 23.6 Å². The molecule has 5 heteroatoms. The van der Waals surface area contributed by atoms with Crippen molar-refractivity contribution in [3.8, 4) is 0 Å². The average Bonchev–Trinajstić information content (AvgIpc) is 2.79. The predicted octanol–water partition coefficient (Wildman–Crippen LogP) is 3.52. The summed E-state index contributed by atoms with van der Waals surface area (Å²) >= 11 is 1.79. The predicted molar refractivity (Wildman–Crippen MR) is 99.4 cm³/mol. The lowest BCUT2D eigenvalue weighted by Crippen LogP contribution is -2.38. The van der Waals surface area contributed by atoms with Crippen LogP contribution in [-0.4, -0.2) is 53.0 Å². The molecule has 0 saturated carbocycles. The maximum Gasteiger partial charge on any atom is 0.253 e. The molecule has 1 aliphatic heterocycles. The molecule has 1 aromatic rings. The molecule has 0 bridgehead atoms. The Bertz CT molecular complexity index is 569.